The van der Waals surface area contributed by atoms with E-state index in [1.54, 1.807) is 24.0 Å². The Balaban J connectivity index is 1.55. The second kappa shape index (κ2) is 10.8. The molecule has 3 rings (SSSR count). The number of amides is 2. The summed E-state index contributed by atoms with van der Waals surface area (Å²) in [5.41, 5.74) is 2.97. The fraction of sp³-hybridized carbons (Fsp3) is 0.481. The SMILES string of the molecule is COc1ccc(CCN(C)C(=O)CCCN2C(=O)COc3ccc(C(C)(C)C)cc32)cc1OC. The number of carbonyl (C=O) groups excluding carboxylic acids is 2. The van der Waals surface area contributed by atoms with Crippen LogP contribution in [0, 0.1) is 0 Å². The van der Waals surface area contributed by atoms with Gasteiger partial charge in [-0.1, -0.05) is 32.9 Å². The molecular weight excluding hydrogens is 432 g/mol. The Bertz CT molecular complexity index is 1030. The number of benzene rings is 2. The van der Waals surface area contributed by atoms with Crippen molar-refractivity contribution in [3.05, 3.63) is 47.5 Å². The van der Waals surface area contributed by atoms with Gasteiger partial charge in [-0.15, -0.1) is 0 Å². The molecule has 0 radical (unpaired) electrons. The molecule has 7 nitrogen and oxygen atoms in total. The van der Waals surface area contributed by atoms with Crippen molar-refractivity contribution in [3.8, 4) is 17.2 Å². The van der Waals surface area contributed by atoms with E-state index in [1.807, 2.05) is 43.4 Å². The summed E-state index contributed by atoms with van der Waals surface area (Å²) in [4.78, 5) is 28.8. The fourth-order valence-corrected chi connectivity index (χ4v) is 3.95. The van der Waals surface area contributed by atoms with Crippen molar-refractivity contribution in [2.45, 2.75) is 45.4 Å². The van der Waals surface area contributed by atoms with Crippen LogP contribution in [0.1, 0.15) is 44.7 Å². The lowest BCUT2D eigenvalue weighted by atomic mass is 9.86. The molecule has 0 spiro atoms. The molecule has 0 fully saturated rings. The summed E-state index contributed by atoms with van der Waals surface area (Å²) in [6, 6.07) is 11.8. The Kier molecular flexibility index (Phi) is 8.07. The maximum Gasteiger partial charge on any atom is 0.265 e. The van der Waals surface area contributed by atoms with Crippen molar-refractivity contribution in [1.82, 2.24) is 4.90 Å². The van der Waals surface area contributed by atoms with E-state index < -0.39 is 0 Å². The molecule has 0 unspecified atom stereocenters. The second-order valence-corrected chi connectivity index (χ2v) is 9.62. The van der Waals surface area contributed by atoms with E-state index >= 15 is 0 Å². The first-order valence-corrected chi connectivity index (χ1v) is 11.7. The molecule has 1 heterocycles. The molecule has 1 aliphatic rings. The third-order valence-corrected chi connectivity index (χ3v) is 6.15. The minimum absolute atomic E-state index is 0.0288. The number of rotatable bonds is 9. The topological polar surface area (TPSA) is 68.3 Å². The molecule has 0 bridgehead atoms. The zero-order valence-electron chi connectivity index (χ0n) is 21.1. The highest BCUT2D eigenvalue weighted by molar-refractivity contribution is 5.98. The van der Waals surface area contributed by atoms with Gasteiger partial charge in [0.15, 0.2) is 18.1 Å². The minimum Gasteiger partial charge on any atom is -0.493 e. The molecule has 2 aromatic carbocycles. The standard InChI is InChI=1S/C27H36N2O5/c1-27(2,3)20-10-12-22-21(17-20)29(26(31)18-34-22)14-7-8-25(30)28(4)15-13-19-9-11-23(32-5)24(16-19)33-6/h9-12,16-17H,7-8,13-15,18H2,1-6H3. The van der Waals surface area contributed by atoms with E-state index in [1.165, 1.54) is 0 Å². The first-order chi connectivity index (χ1) is 16.1. The molecule has 0 aliphatic carbocycles. The molecule has 7 heteroatoms. The molecule has 34 heavy (non-hydrogen) atoms. The lowest BCUT2D eigenvalue weighted by Crippen LogP contribution is -2.40. The number of hydrogen-bond donors (Lipinski definition) is 0. The number of methoxy groups -OCH3 is 2. The van der Waals surface area contributed by atoms with Gasteiger partial charge in [-0.3, -0.25) is 9.59 Å². The Morgan fingerprint density at radius 1 is 1.09 bits per heavy atom. The number of hydrogen-bond acceptors (Lipinski definition) is 5. The number of carbonyl (C=O) groups is 2. The van der Waals surface area contributed by atoms with Gasteiger partial charge >= 0.3 is 0 Å². The van der Waals surface area contributed by atoms with Crippen LogP contribution in [0.25, 0.3) is 0 Å². The van der Waals surface area contributed by atoms with Gasteiger partial charge in [0, 0.05) is 26.6 Å². The Hall–Kier alpha value is -3.22. The molecule has 0 saturated carbocycles. The molecule has 184 valence electrons. The Morgan fingerprint density at radius 3 is 2.50 bits per heavy atom. The first kappa shape index (κ1) is 25.4. The molecule has 1 aliphatic heterocycles. The Labute approximate surface area is 202 Å². The summed E-state index contributed by atoms with van der Waals surface area (Å²) < 4.78 is 16.3. The van der Waals surface area contributed by atoms with Gasteiger partial charge < -0.3 is 24.0 Å². The lowest BCUT2D eigenvalue weighted by Gasteiger charge is -2.31. The molecule has 0 atom stereocenters. The van der Waals surface area contributed by atoms with E-state index in [0.717, 1.165) is 16.8 Å². The molecule has 0 N–H and O–H groups in total. The first-order valence-electron chi connectivity index (χ1n) is 11.7. The van der Waals surface area contributed by atoms with Crippen molar-refractivity contribution in [3.63, 3.8) is 0 Å². The quantitative estimate of drug-likeness (QED) is 0.552. The van der Waals surface area contributed by atoms with Crippen LogP contribution in [0.2, 0.25) is 0 Å². The van der Waals surface area contributed by atoms with Gasteiger partial charge in [0.2, 0.25) is 5.91 Å². The van der Waals surface area contributed by atoms with Gasteiger partial charge in [-0.05, 0) is 53.6 Å². The zero-order chi connectivity index (χ0) is 24.9. The van der Waals surface area contributed by atoms with Crippen LogP contribution in [0.15, 0.2) is 36.4 Å². The summed E-state index contributed by atoms with van der Waals surface area (Å²) in [6.45, 7) is 7.53. The Morgan fingerprint density at radius 2 is 1.82 bits per heavy atom. The maximum absolute atomic E-state index is 12.7. The van der Waals surface area contributed by atoms with Crippen molar-refractivity contribution >= 4 is 17.5 Å². The molecule has 0 aromatic heterocycles. The molecular formula is C27H36N2O5. The predicted octanol–water partition coefficient (Wildman–Crippen LogP) is 4.21. The van der Waals surface area contributed by atoms with Crippen LogP contribution in [0.3, 0.4) is 0 Å². The van der Waals surface area contributed by atoms with Crippen molar-refractivity contribution in [2.75, 3.05) is 45.9 Å². The third-order valence-electron chi connectivity index (χ3n) is 6.15. The van der Waals surface area contributed by atoms with Crippen LogP contribution < -0.4 is 19.1 Å². The maximum atomic E-state index is 12.7. The molecule has 2 amide bonds. The van der Waals surface area contributed by atoms with Crippen LogP contribution in [0.5, 0.6) is 17.2 Å². The van der Waals surface area contributed by atoms with Gasteiger partial charge in [-0.2, -0.15) is 0 Å². The number of likely N-dealkylation sites (N-methyl/N-ethyl adjacent to an activating group) is 1. The van der Waals surface area contributed by atoms with E-state index in [2.05, 4.69) is 20.8 Å². The minimum atomic E-state index is -0.0761. The van der Waals surface area contributed by atoms with Crippen molar-refractivity contribution in [2.24, 2.45) is 0 Å². The highest BCUT2D eigenvalue weighted by Gasteiger charge is 2.27. The highest BCUT2D eigenvalue weighted by atomic mass is 16.5. The second-order valence-electron chi connectivity index (χ2n) is 9.62. The summed E-state index contributed by atoms with van der Waals surface area (Å²) in [7, 11) is 5.03. The molecule has 2 aromatic rings. The average molecular weight is 469 g/mol. The van der Waals surface area contributed by atoms with Crippen molar-refractivity contribution in [1.29, 1.82) is 0 Å². The number of ether oxygens (including phenoxy) is 3. The zero-order valence-corrected chi connectivity index (χ0v) is 21.1. The van der Waals surface area contributed by atoms with Crippen LogP contribution in [-0.4, -0.2) is 57.7 Å². The van der Waals surface area contributed by atoms with Crippen molar-refractivity contribution < 1.29 is 23.8 Å². The predicted molar refractivity (Wildman–Crippen MR) is 133 cm³/mol. The number of nitrogens with zero attached hydrogens (tertiary/aromatic N) is 2. The number of fused-ring (bicyclic) bond motifs is 1. The highest BCUT2D eigenvalue weighted by Crippen LogP contribution is 2.36. The van der Waals surface area contributed by atoms with Gasteiger partial charge in [0.05, 0.1) is 19.9 Å². The number of anilines is 1. The summed E-state index contributed by atoms with van der Waals surface area (Å²) in [6.07, 6.45) is 1.68. The summed E-state index contributed by atoms with van der Waals surface area (Å²) >= 11 is 0. The molecule has 0 saturated heterocycles. The normalized spacial score (nSPS) is 13.2. The third kappa shape index (κ3) is 6.01. The van der Waals surface area contributed by atoms with Gasteiger partial charge in [0.1, 0.15) is 5.75 Å². The monoisotopic (exact) mass is 468 g/mol. The van der Waals surface area contributed by atoms with Gasteiger partial charge in [-0.25, -0.2) is 0 Å². The van der Waals surface area contributed by atoms with Crippen LogP contribution in [0.4, 0.5) is 5.69 Å². The van der Waals surface area contributed by atoms with E-state index in [4.69, 9.17) is 14.2 Å². The van der Waals surface area contributed by atoms with Crippen LogP contribution >= 0.6 is 0 Å². The lowest BCUT2D eigenvalue weighted by molar-refractivity contribution is -0.130. The average Bonchev–Trinajstić information content (AvgIpc) is 2.82. The fourth-order valence-electron chi connectivity index (χ4n) is 3.95. The van der Waals surface area contributed by atoms with E-state index in [0.29, 0.717) is 49.6 Å². The van der Waals surface area contributed by atoms with Gasteiger partial charge in [0.25, 0.3) is 5.91 Å². The summed E-state index contributed by atoms with van der Waals surface area (Å²) in [5.74, 6) is 2.06. The smallest absolute Gasteiger partial charge is 0.265 e. The van der Waals surface area contributed by atoms with E-state index in [-0.39, 0.29) is 23.8 Å². The van der Waals surface area contributed by atoms with Crippen LogP contribution in [-0.2, 0) is 21.4 Å². The summed E-state index contributed by atoms with van der Waals surface area (Å²) in [5, 5.41) is 0. The van der Waals surface area contributed by atoms with E-state index in [9.17, 15) is 9.59 Å². The largest absolute Gasteiger partial charge is 0.493 e.